The Labute approximate surface area is 130 Å². The van der Waals surface area contributed by atoms with Crippen LogP contribution in [0.15, 0.2) is 27.2 Å². The minimum Gasteiger partial charge on any atom is -0.334 e. The summed E-state index contributed by atoms with van der Waals surface area (Å²) in [7, 11) is 0. The predicted molar refractivity (Wildman–Crippen MR) is 79.0 cm³/mol. The zero-order valence-electron chi connectivity index (χ0n) is 10.6. The molecule has 0 bridgehead atoms. The lowest BCUT2D eigenvalue weighted by molar-refractivity contribution is 0.372. The van der Waals surface area contributed by atoms with Crippen molar-refractivity contribution in [3.8, 4) is 11.5 Å². The van der Waals surface area contributed by atoms with Crippen molar-refractivity contribution in [1.82, 2.24) is 10.1 Å². The Morgan fingerprint density at radius 3 is 2.70 bits per heavy atom. The van der Waals surface area contributed by atoms with Crippen LogP contribution in [0.25, 0.3) is 11.5 Å². The van der Waals surface area contributed by atoms with Crippen molar-refractivity contribution in [1.29, 1.82) is 0 Å². The second kappa shape index (κ2) is 5.79. The molecule has 1 saturated carbocycles. The molecule has 20 heavy (non-hydrogen) atoms. The van der Waals surface area contributed by atoms with Gasteiger partial charge in [-0.25, -0.2) is 4.39 Å². The van der Waals surface area contributed by atoms with Gasteiger partial charge in [0.2, 0.25) is 0 Å². The average molecular weight is 363 g/mol. The van der Waals surface area contributed by atoms with Gasteiger partial charge in [0.25, 0.3) is 5.89 Å². The molecule has 0 aliphatic heterocycles. The van der Waals surface area contributed by atoms with Gasteiger partial charge < -0.3 is 10.3 Å². The summed E-state index contributed by atoms with van der Waals surface area (Å²) in [6.45, 7) is 0. The van der Waals surface area contributed by atoms with Gasteiger partial charge in [-0.3, -0.25) is 0 Å². The monoisotopic (exact) mass is 361 g/mol. The second-order valence-corrected chi connectivity index (χ2v) is 5.83. The van der Waals surface area contributed by atoms with E-state index in [1.807, 2.05) is 0 Å². The van der Waals surface area contributed by atoms with E-state index in [0.717, 1.165) is 30.2 Å². The standard InChI is InChI=1S/C13H13BrFN3O.ClH/c14-8-3-4-10(15)9(7-8)11-17-12(18-19-11)13(16)5-1-2-6-13;/h3-4,7H,1-2,5-6,16H2;1H. The van der Waals surface area contributed by atoms with Gasteiger partial charge in [0.05, 0.1) is 11.1 Å². The SMILES string of the molecule is Cl.NC1(c2noc(-c3cc(Br)ccc3F)n2)CCCC1. The molecule has 0 saturated heterocycles. The van der Waals surface area contributed by atoms with Gasteiger partial charge in [0.1, 0.15) is 5.82 Å². The van der Waals surface area contributed by atoms with Gasteiger partial charge in [-0.05, 0) is 31.0 Å². The van der Waals surface area contributed by atoms with Gasteiger partial charge in [0.15, 0.2) is 5.82 Å². The smallest absolute Gasteiger partial charge is 0.261 e. The summed E-state index contributed by atoms with van der Waals surface area (Å²) in [6.07, 6.45) is 3.80. The minimum atomic E-state index is -0.524. The van der Waals surface area contributed by atoms with E-state index < -0.39 is 11.4 Å². The number of hydrogen-bond acceptors (Lipinski definition) is 4. The fraction of sp³-hybridized carbons (Fsp3) is 0.385. The van der Waals surface area contributed by atoms with Crippen LogP contribution in [0.3, 0.4) is 0 Å². The highest BCUT2D eigenvalue weighted by atomic mass is 79.9. The summed E-state index contributed by atoms with van der Waals surface area (Å²) in [4.78, 5) is 4.27. The first-order chi connectivity index (χ1) is 9.08. The van der Waals surface area contributed by atoms with Gasteiger partial charge >= 0.3 is 0 Å². The third-order valence-corrected chi connectivity index (χ3v) is 4.02. The first kappa shape index (κ1) is 15.4. The van der Waals surface area contributed by atoms with E-state index in [0.29, 0.717) is 5.82 Å². The second-order valence-electron chi connectivity index (χ2n) is 4.91. The van der Waals surface area contributed by atoms with E-state index in [-0.39, 0.29) is 23.9 Å². The highest BCUT2D eigenvalue weighted by Gasteiger charge is 2.36. The lowest BCUT2D eigenvalue weighted by Crippen LogP contribution is -2.34. The first-order valence-corrected chi connectivity index (χ1v) is 6.96. The molecule has 1 fully saturated rings. The summed E-state index contributed by atoms with van der Waals surface area (Å²) in [5, 5.41) is 3.92. The van der Waals surface area contributed by atoms with E-state index in [2.05, 4.69) is 26.1 Å². The molecule has 1 aromatic heterocycles. The first-order valence-electron chi connectivity index (χ1n) is 6.17. The Hall–Kier alpha value is -0.980. The van der Waals surface area contributed by atoms with Crippen molar-refractivity contribution in [2.45, 2.75) is 31.2 Å². The molecule has 7 heteroatoms. The number of nitrogens with zero attached hydrogens (tertiary/aromatic N) is 2. The van der Waals surface area contributed by atoms with Crippen LogP contribution in [0.5, 0.6) is 0 Å². The zero-order chi connectivity index (χ0) is 13.5. The highest BCUT2D eigenvalue weighted by molar-refractivity contribution is 9.10. The number of nitrogens with two attached hydrogens (primary N) is 1. The fourth-order valence-corrected chi connectivity index (χ4v) is 2.79. The normalized spacial score (nSPS) is 16.9. The molecule has 2 aromatic rings. The lowest BCUT2D eigenvalue weighted by atomic mass is 9.99. The number of halogens is 3. The molecular formula is C13H14BrClFN3O. The summed E-state index contributed by atoms with van der Waals surface area (Å²) >= 11 is 3.30. The van der Waals surface area contributed by atoms with E-state index in [9.17, 15) is 4.39 Å². The van der Waals surface area contributed by atoms with Crippen molar-refractivity contribution in [3.63, 3.8) is 0 Å². The molecule has 1 aromatic carbocycles. The average Bonchev–Trinajstić information content (AvgIpc) is 3.02. The number of hydrogen-bond donors (Lipinski definition) is 1. The minimum absolute atomic E-state index is 0. The topological polar surface area (TPSA) is 64.9 Å². The molecule has 1 aliphatic rings. The Balaban J connectivity index is 0.00000147. The Morgan fingerprint density at radius 1 is 1.30 bits per heavy atom. The van der Waals surface area contributed by atoms with Crippen LogP contribution in [0.1, 0.15) is 31.5 Å². The number of aromatic nitrogens is 2. The van der Waals surface area contributed by atoms with E-state index >= 15 is 0 Å². The van der Waals surface area contributed by atoms with E-state index in [4.69, 9.17) is 10.3 Å². The Kier molecular flexibility index (Phi) is 4.46. The van der Waals surface area contributed by atoms with Crippen LogP contribution in [-0.4, -0.2) is 10.1 Å². The number of benzene rings is 1. The molecule has 0 spiro atoms. The van der Waals surface area contributed by atoms with Crippen molar-refractivity contribution in [2.24, 2.45) is 5.73 Å². The molecule has 108 valence electrons. The van der Waals surface area contributed by atoms with Crippen LogP contribution >= 0.6 is 28.3 Å². The summed E-state index contributed by atoms with van der Waals surface area (Å²) in [5.41, 5.74) is 6.01. The maximum absolute atomic E-state index is 13.8. The van der Waals surface area contributed by atoms with Crippen LogP contribution in [0.2, 0.25) is 0 Å². The molecule has 1 aliphatic carbocycles. The maximum Gasteiger partial charge on any atom is 0.261 e. The lowest BCUT2D eigenvalue weighted by Gasteiger charge is -2.17. The molecule has 0 atom stereocenters. The van der Waals surface area contributed by atoms with Crippen molar-refractivity contribution in [3.05, 3.63) is 34.3 Å². The van der Waals surface area contributed by atoms with Gasteiger partial charge in [-0.15, -0.1) is 12.4 Å². The molecule has 4 nitrogen and oxygen atoms in total. The third-order valence-electron chi connectivity index (χ3n) is 3.53. The Bertz CT molecular complexity index is 613. The Morgan fingerprint density at radius 2 is 2.00 bits per heavy atom. The van der Waals surface area contributed by atoms with Crippen LogP contribution in [-0.2, 0) is 5.54 Å². The van der Waals surface area contributed by atoms with E-state index in [1.165, 1.54) is 6.07 Å². The van der Waals surface area contributed by atoms with Gasteiger partial charge in [-0.1, -0.05) is 33.9 Å². The zero-order valence-corrected chi connectivity index (χ0v) is 13.0. The largest absolute Gasteiger partial charge is 0.334 e. The molecule has 0 radical (unpaired) electrons. The maximum atomic E-state index is 13.8. The third kappa shape index (κ3) is 2.73. The molecular weight excluding hydrogens is 349 g/mol. The molecule has 3 rings (SSSR count). The molecule has 1 heterocycles. The fourth-order valence-electron chi connectivity index (χ4n) is 2.43. The van der Waals surface area contributed by atoms with Crippen molar-refractivity contribution < 1.29 is 8.91 Å². The molecule has 0 amide bonds. The van der Waals surface area contributed by atoms with Crippen molar-refractivity contribution in [2.75, 3.05) is 0 Å². The summed E-state index contributed by atoms with van der Waals surface area (Å²) < 4.78 is 19.7. The predicted octanol–water partition coefficient (Wildman–Crippen LogP) is 3.79. The van der Waals surface area contributed by atoms with Crippen molar-refractivity contribution >= 4 is 28.3 Å². The highest BCUT2D eigenvalue weighted by Crippen LogP contribution is 2.35. The van der Waals surface area contributed by atoms with Crippen LogP contribution in [0, 0.1) is 5.82 Å². The molecule has 2 N–H and O–H groups in total. The summed E-state index contributed by atoms with van der Waals surface area (Å²) in [5.74, 6) is 0.251. The quantitative estimate of drug-likeness (QED) is 0.883. The van der Waals surface area contributed by atoms with Crippen LogP contribution < -0.4 is 5.73 Å². The van der Waals surface area contributed by atoms with Gasteiger partial charge in [-0.2, -0.15) is 4.98 Å². The summed E-state index contributed by atoms with van der Waals surface area (Å²) in [6, 6.07) is 4.60. The number of rotatable bonds is 2. The van der Waals surface area contributed by atoms with E-state index in [1.54, 1.807) is 12.1 Å². The van der Waals surface area contributed by atoms with Gasteiger partial charge in [0, 0.05) is 4.47 Å². The van der Waals surface area contributed by atoms with Crippen LogP contribution in [0.4, 0.5) is 4.39 Å². The molecule has 0 unspecified atom stereocenters.